The summed E-state index contributed by atoms with van der Waals surface area (Å²) in [5.41, 5.74) is 2.73. The van der Waals surface area contributed by atoms with Crippen LogP contribution in [0.4, 0.5) is 0 Å². The fraction of sp³-hybridized carbons (Fsp3) is 0.321. The quantitative estimate of drug-likeness (QED) is 0.387. The molecule has 0 spiro atoms. The number of methoxy groups -OCH3 is 3. The molecule has 0 saturated carbocycles. The van der Waals surface area contributed by atoms with Crippen LogP contribution >= 0.6 is 11.6 Å². The van der Waals surface area contributed by atoms with Crippen LogP contribution in [0.5, 0.6) is 11.5 Å². The number of benzene rings is 2. The first-order valence-corrected chi connectivity index (χ1v) is 12.5. The molecule has 4 rings (SSSR count). The highest BCUT2D eigenvalue weighted by atomic mass is 35.5. The summed E-state index contributed by atoms with van der Waals surface area (Å²) in [6, 6.07) is 15.7. The first-order valence-electron chi connectivity index (χ1n) is 12.1. The molecule has 2 heterocycles. The van der Waals surface area contributed by atoms with Gasteiger partial charge in [0.15, 0.2) is 0 Å². The minimum atomic E-state index is -0.461. The van der Waals surface area contributed by atoms with Gasteiger partial charge in [0.2, 0.25) is 0 Å². The third-order valence-corrected chi connectivity index (χ3v) is 6.81. The summed E-state index contributed by atoms with van der Waals surface area (Å²) in [7, 11) is 6.64. The fourth-order valence-electron chi connectivity index (χ4n) is 4.49. The van der Waals surface area contributed by atoms with E-state index < -0.39 is 6.04 Å². The Hall–Kier alpha value is -3.82. The summed E-state index contributed by atoms with van der Waals surface area (Å²) in [5, 5.41) is 6.51. The average Bonchev–Trinajstić information content (AvgIpc) is 3.56. The summed E-state index contributed by atoms with van der Waals surface area (Å²) >= 11 is 6.29. The molecule has 0 saturated heterocycles. The predicted octanol–water partition coefficient (Wildman–Crippen LogP) is 4.16. The van der Waals surface area contributed by atoms with Gasteiger partial charge in [0.1, 0.15) is 18.0 Å². The molecule has 9 nitrogen and oxygen atoms in total. The molecule has 0 fully saturated rings. The van der Waals surface area contributed by atoms with E-state index >= 15 is 0 Å². The molecule has 2 amide bonds. The van der Waals surface area contributed by atoms with Gasteiger partial charge >= 0.3 is 0 Å². The molecule has 0 bridgehead atoms. The number of carbonyl (C=O) groups excluding carboxylic acids is 2. The topological polar surface area (TPSA) is 85.6 Å². The smallest absolute Gasteiger partial charge is 0.262 e. The molecule has 1 atom stereocenters. The number of carbonyl (C=O) groups is 2. The van der Waals surface area contributed by atoms with Gasteiger partial charge in [-0.2, -0.15) is 5.10 Å². The van der Waals surface area contributed by atoms with Gasteiger partial charge in [0, 0.05) is 38.9 Å². The minimum Gasteiger partial charge on any atom is -0.497 e. The Morgan fingerprint density at radius 3 is 2.53 bits per heavy atom. The Bertz CT molecular complexity index is 1340. The zero-order chi connectivity index (χ0) is 27.2. The SMILES string of the molecule is COCCN(CC(=O)N1N=C(c2cccn2C)C[C@H]1c1cc(OC)ccc1OC)C(=O)c1ccccc1Cl. The van der Waals surface area contributed by atoms with Crippen LogP contribution < -0.4 is 9.47 Å². The van der Waals surface area contributed by atoms with E-state index in [0.29, 0.717) is 28.5 Å². The largest absolute Gasteiger partial charge is 0.497 e. The van der Waals surface area contributed by atoms with Gasteiger partial charge in [-0.15, -0.1) is 0 Å². The number of rotatable bonds is 10. The number of ether oxygens (including phenoxy) is 3. The summed E-state index contributed by atoms with van der Waals surface area (Å²) in [6.45, 7) is 0.260. The van der Waals surface area contributed by atoms with Crippen LogP contribution in [-0.2, 0) is 16.6 Å². The molecule has 0 unspecified atom stereocenters. The number of aromatic nitrogens is 1. The maximum absolute atomic E-state index is 13.8. The Morgan fingerprint density at radius 2 is 1.87 bits per heavy atom. The number of amides is 2. The maximum Gasteiger partial charge on any atom is 0.262 e. The van der Waals surface area contributed by atoms with Crippen molar-refractivity contribution in [3.05, 3.63) is 82.6 Å². The Labute approximate surface area is 227 Å². The molecule has 0 aliphatic carbocycles. The number of halogens is 1. The van der Waals surface area contributed by atoms with Crippen LogP contribution in [0.25, 0.3) is 0 Å². The lowest BCUT2D eigenvalue weighted by atomic mass is 9.99. The van der Waals surface area contributed by atoms with E-state index in [1.807, 2.05) is 42.1 Å². The second-order valence-electron chi connectivity index (χ2n) is 8.82. The van der Waals surface area contributed by atoms with Gasteiger partial charge in [0.05, 0.1) is 48.9 Å². The standard InChI is InChI=1S/C28H31ClN4O5/c1-31-13-7-10-24(31)23-17-25(21-16-19(37-3)11-12-26(21)38-4)33(30-23)27(34)18-32(14-15-36-2)28(35)20-8-5-6-9-22(20)29/h5-13,16,25H,14-15,17-18H2,1-4H3/t25-/m0/s1. The highest BCUT2D eigenvalue weighted by Crippen LogP contribution is 2.39. The van der Waals surface area contributed by atoms with Crippen molar-refractivity contribution in [2.75, 3.05) is 41.0 Å². The van der Waals surface area contributed by atoms with E-state index in [2.05, 4.69) is 0 Å². The Kier molecular flexibility index (Phi) is 8.70. The number of nitrogens with zero attached hydrogens (tertiary/aromatic N) is 4. The van der Waals surface area contributed by atoms with Crippen molar-refractivity contribution in [1.82, 2.24) is 14.5 Å². The van der Waals surface area contributed by atoms with Crippen molar-refractivity contribution >= 4 is 29.1 Å². The number of hydrogen-bond donors (Lipinski definition) is 0. The summed E-state index contributed by atoms with van der Waals surface area (Å²) in [4.78, 5) is 28.7. The molecule has 3 aromatic rings. The van der Waals surface area contributed by atoms with E-state index in [1.54, 1.807) is 51.7 Å². The molecular weight excluding hydrogens is 508 g/mol. The number of hydrogen-bond acceptors (Lipinski definition) is 6. The summed E-state index contributed by atoms with van der Waals surface area (Å²) in [6.07, 6.45) is 2.39. The lowest BCUT2D eigenvalue weighted by Gasteiger charge is -2.28. The van der Waals surface area contributed by atoms with Crippen molar-refractivity contribution in [2.24, 2.45) is 12.1 Å². The molecule has 1 aromatic heterocycles. The van der Waals surface area contributed by atoms with E-state index in [1.165, 1.54) is 9.91 Å². The van der Waals surface area contributed by atoms with Crippen LogP contribution in [0.15, 0.2) is 65.9 Å². The normalized spacial score (nSPS) is 14.8. The summed E-state index contributed by atoms with van der Waals surface area (Å²) in [5.74, 6) is 0.541. The van der Waals surface area contributed by atoms with Gasteiger partial charge in [-0.3, -0.25) is 9.59 Å². The van der Waals surface area contributed by atoms with Crippen molar-refractivity contribution < 1.29 is 23.8 Å². The van der Waals surface area contributed by atoms with Gasteiger partial charge in [0.25, 0.3) is 11.8 Å². The van der Waals surface area contributed by atoms with E-state index in [4.69, 9.17) is 30.9 Å². The van der Waals surface area contributed by atoms with E-state index in [-0.39, 0.29) is 31.5 Å². The number of aryl methyl sites for hydroxylation is 1. The first-order chi connectivity index (χ1) is 18.4. The second kappa shape index (κ2) is 12.1. The minimum absolute atomic E-state index is 0.208. The Balaban J connectivity index is 1.70. The molecular formula is C28H31ClN4O5. The lowest BCUT2D eigenvalue weighted by Crippen LogP contribution is -2.43. The third kappa shape index (κ3) is 5.69. The second-order valence-corrected chi connectivity index (χ2v) is 9.22. The van der Waals surface area contributed by atoms with Crippen LogP contribution in [0.1, 0.15) is 34.1 Å². The number of hydrazone groups is 1. The summed E-state index contributed by atoms with van der Waals surface area (Å²) < 4.78 is 18.2. The molecule has 38 heavy (non-hydrogen) atoms. The van der Waals surface area contributed by atoms with Crippen molar-refractivity contribution in [3.63, 3.8) is 0 Å². The van der Waals surface area contributed by atoms with Gasteiger partial charge in [-0.05, 0) is 42.5 Å². The molecule has 200 valence electrons. The van der Waals surface area contributed by atoms with E-state index in [0.717, 1.165) is 17.0 Å². The van der Waals surface area contributed by atoms with Gasteiger partial charge < -0.3 is 23.7 Å². The van der Waals surface area contributed by atoms with Crippen molar-refractivity contribution in [3.8, 4) is 11.5 Å². The van der Waals surface area contributed by atoms with Crippen LogP contribution in [0.3, 0.4) is 0 Å². The monoisotopic (exact) mass is 538 g/mol. The van der Waals surface area contributed by atoms with E-state index in [9.17, 15) is 9.59 Å². The molecule has 1 aliphatic heterocycles. The first kappa shape index (κ1) is 27.2. The van der Waals surface area contributed by atoms with Gasteiger partial charge in [-0.1, -0.05) is 23.7 Å². The average molecular weight is 539 g/mol. The highest BCUT2D eigenvalue weighted by molar-refractivity contribution is 6.33. The zero-order valence-corrected chi connectivity index (χ0v) is 22.6. The van der Waals surface area contributed by atoms with Crippen LogP contribution in [-0.4, -0.2) is 73.0 Å². The molecule has 2 aromatic carbocycles. The molecule has 0 N–H and O–H groups in total. The molecule has 10 heteroatoms. The van der Waals surface area contributed by atoms with Gasteiger partial charge in [-0.25, -0.2) is 5.01 Å². The maximum atomic E-state index is 13.8. The fourth-order valence-corrected chi connectivity index (χ4v) is 4.71. The van der Waals surface area contributed by atoms with Crippen LogP contribution in [0, 0.1) is 0 Å². The molecule has 1 aliphatic rings. The molecule has 0 radical (unpaired) electrons. The van der Waals surface area contributed by atoms with Crippen molar-refractivity contribution in [2.45, 2.75) is 12.5 Å². The zero-order valence-electron chi connectivity index (χ0n) is 21.9. The van der Waals surface area contributed by atoms with Crippen LogP contribution in [0.2, 0.25) is 5.02 Å². The lowest BCUT2D eigenvalue weighted by molar-refractivity contribution is -0.133. The highest BCUT2D eigenvalue weighted by Gasteiger charge is 2.37. The Morgan fingerprint density at radius 1 is 1.08 bits per heavy atom. The third-order valence-electron chi connectivity index (χ3n) is 6.48. The predicted molar refractivity (Wildman–Crippen MR) is 145 cm³/mol. The van der Waals surface area contributed by atoms with Crippen molar-refractivity contribution in [1.29, 1.82) is 0 Å².